The fraction of sp³-hybridized carbons (Fsp3) is 0.190. The van der Waals surface area contributed by atoms with Gasteiger partial charge in [0.05, 0.1) is 0 Å². The lowest BCUT2D eigenvalue weighted by molar-refractivity contribution is -0.118. The van der Waals surface area contributed by atoms with Crippen LogP contribution in [0.4, 0.5) is 5.69 Å². The van der Waals surface area contributed by atoms with Crippen molar-refractivity contribution in [2.24, 2.45) is 0 Å². The summed E-state index contributed by atoms with van der Waals surface area (Å²) >= 11 is 0. The van der Waals surface area contributed by atoms with Crippen LogP contribution in [-0.2, 0) is 11.4 Å². The number of aliphatic hydroxyl groups is 1. The summed E-state index contributed by atoms with van der Waals surface area (Å²) in [6.45, 7) is 3.73. The largest absolute Gasteiger partial charge is 0.484 e. The van der Waals surface area contributed by atoms with Gasteiger partial charge in [0.1, 0.15) is 23.9 Å². The highest BCUT2D eigenvalue weighted by atomic mass is 16.5. The lowest BCUT2D eigenvalue weighted by atomic mass is 10.1. The Hall–Kier alpha value is -3.05. The molecule has 0 aliphatic carbocycles. The molecule has 0 aliphatic heterocycles. The predicted octanol–water partition coefficient (Wildman–Crippen LogP) is 4.07. The van der Waals surface area contributed by atoms with Crippen LogP contribution in [-0.4, -0.2) is 17.6 Å². The summed E-state index contributed by atoms with van der Waals surface area (Å²) in [7, 11) is 0. The molecule has 3 aromatic rings. The van der Waals surface area contributed by atoms with Crippen molar-refractivity contribution < 1.29 is 19.1 Å². The fourth-order valence-corrected chi connectivity index (χ4v) is 2.68. The maximum absolute atomic E-state index is 12.1. The minimum Gasteiger partial charge on any atom is -0.484 e. The number of hydrogen-bond acceptors (Lipinski definition) is 4. The van der Waals surface area contributed by atoms with Gasteiger partial charge in [0.2, 0.25) is 0 Å². The molecule has 2 aromatic carbocycles. The Morgan fingerprint density at radius 1 is 1.12 bits per heavy atom. The molecule has 134 valence electrons. The van der Waals surface area contributed by atoms with Gasteiger partial charge in [-0.3, -0.25) is 4.79 Å². The van der Waals surface area contributed by atoms with Gasteiger partial charge < -0.3 is 19.6 Å². The van der Waals surface area contributed by atoms with Crippen LogP contribution in [0.2, 0.25) is 0 Å². The number of hydrogen-bond donors (Lipinski definition) is 2. The molecule has 1 amide bonds. The number of aryl methyl sites for hydroxylation is 2. The van der Waals surface area contributed by atoms with Gasteiger partial charge in [0.15, 0.2) is 6.61 Å². The lowest BCUT2D eigenvalue weighted by Crippen LogP contribution is -2.20. The van der Waals surface area contributed by atoms with Gasteiger partial charge in [-0.25, -0.2) is 0 Å². The van der Waals surface area contributed by atoms with Crippen LogP contribution in [0.1, 0.15) is 16.9 Å². The van der Waals surface area contributed by atoms with Crippen molar-refractivity contribution in [1.82, 2.24) is 0 Å². The van der Waals surface area contributed by atoms with Gasteiger partial charge in [-0.2, -0.15) is 0 Å². The molecule has 0 fully saturated rings. The Morgan fingerprint density at radius 2 is 1.96 bits per heavy atom. The van der Waals surface area contributed by atoms with E-state index in [4.69, 9.17) is 14.3 Å². The summed E-state index contributed by atoms with van der Waals surface area (Å²) in [5.41, 5.74) is 3.65. The number of amides is 1. The van der Waals surface area contributed by atoms with Gasteiger partial charge in [-0.1, -0.05) is 12.1 Å². The second-order valence-corrected chi connectivity index (χ2v) is 6.11. The third-order valence-electron chi connectivity index (χ3n) is 3.95. The predicted molar refractivity (Wildman–Crippen MR) is 100 cm³/mol. The number of carbonyl (C=O) groups excluding carboxylic acids is 1. The number of rotatable bonds is 6. The molecular weight excluding hydrogens is 330 g/mol. The fourth-order valence-electron chi connectivity index (χ4n) is 2.68. The van der Waals surface area contributed by atoms with Crippen LogP contribution in [0.5, 0.6) is 5.75 Å². The van der Waals surface area contributed by atoms with E-state index in [1.54, 1.807) is 6.07 Å². The van der Waals surface area contributed by atoms with Crippen LogP contribution in [0.15, 0.2) is 59.0 Å². The molecule has 0 aliphatic rings. The average molecular weight is 351 g/mol. The third-order valence-corrected chi connectivity index (χ3v) is 3.95. The molecule has 5 nitrogen and oxygen atoms in total. The molecule has 0 bridgehead atoms. The molecule has 0 radical (unpaired) electrons. The number of nitrogens with one attached hydrogen (secondary N) is 1. The summed E-state index contributed by atoms with van der Waals surface area (Å²) < 4.78 is 11.1. The van der Waals surface area contributed by atoms with E-state index >= 15 is 0 Å². The highest BCUT2D eigenvalue weighted by Crippen LogP contribution is 2.27. The molecule has 0 spiro atoms. The SMILES string of the molecule is Cc1cccc(OCC(=O)Nc2ccc(-c3ccc(CO)o3)c(C)c2)c1. The van der Waals surface area contributed by atoms with Crippen molar-refractivity contribution in [3.63, 3.8) is 0 Å². The first kappa shape index (κ1) is 17.8. The van der Waals surface area contributed by atoms with E-state index in [2.05, 4.69) is 5.32 Å². The second-order valence-electron chi connectivity index (χ2n) is 6.11. The highest BCUT2D eigenvalue weighted by molar-refractivity contribution is 5.92. The van der Waals surface area contributed by atoms with E-state index in [9.17, 15) is 4.79 Å². The summed E-state index contributed by atoms with van der Waals surface area (Å²) in [5.74, 6) is 1.65. The topological polar surface area (TPSA) is 71.7 Å². The Balaban J connectivity index is 1.62. The molecule has 1 heterocycles. The van der Waals surface area contributed by atoms with E-state index in [0.29, 0.717) is 23.0 Å². The van der Waals surface area contributed by atoms with Crippen molar-refractivity contribution in [3.05, 3.63) is 71.5 Å². The zero-order valence-electron chi connectivity index (χ0n) is 14.8. The Bertz CT molecular complexity index is 914. The quantitative estimate of drug-likeness (QED) is 0.702. The molecule has 1 aromatic heterocycles. The third kappa shape index (κ3) is 4.32. The van der Waals surface area contributed by atoms with Crippen molar-refractivity contribution in [1.29, 1.82) is 0 Å². The summed E-state index contributed by atoms with van der Waals surface area (Å²) in [5, 5.41) is 11.9. The van der Waals surface area contributed by atoms with Crippen LogP contribution >= 0.6 is 0 Å². The molecule has 5 heteroatoms. The van der Waals surface area contributed by atoms with Gasteiger partial charge in [-0.05, 0) is 67.4 Å². The molecule has 0 unspecified atom stereocenters. The van der Waals surface area contributed by atoms with Crippen molar-refractivity contribution >= 4 is 11.6 Å². The number of anilines is 1. The van der Waals surface area contributed by atoms with E-state index in [1.165, 1.54) is 0 Å². The number of carbonyl (C=O) groups is 1. The first-order chi connectivity index (χ1) is 12.5. The first-order valence-electron chi connectivity index (χ1n) is 8.35. The Kier molecular flexibility index (Phi) is 5.39. The molecular formula is C21H21NO4. The minimum atomic E-state index is -0.223. The minimum absolute atomic E-state index is 0.0533. The van der Waals surface area contributed by atoms with Crippen molar-refractivity contribution in [2.75, 3.05) is 11.9 Å². The number of furan rings is 1. The van der Waals surface area contributed by atoms with Crippen LogP contribution in [0.3, 0.4) is 0 Å². The van der Waals surface area contributed by atoms with Gasteiger partial charge >= 0.3 is 0 Å². The van der Waals surface area contributed by atoms with E-state index in [1.807, 2.05) is 62.4 Å². The molecule has 2 N–H and O–H groups in total. The van der Waals surface area contributed by atoms with Crippen LogP contribution in [0.25, 0.3) is 11.3 Å². The second kappa shape index (κ2) is 7.89. The van der Waals surface area contributed by atoms with Gasteiger partial charge in [-0.15, -0.1) is 0 Å². The lowest BCUT2D eigenvalue weighted by Gasteiger charge is -2.10. The Morgan fingerprint density at radius 3 is 2.65 bits per heavy atom. The zero-order chi connectivity index (χ0) is 18.5. The Labute approximate surface area is 152 Å². The molecule has 0 saturated carbocycles. The number of ether oxygens (including phenoxy) is 1. The van der Waals surface area contributed by atoms with Gasteiger partial charge in [0, 0.05) is 11.3 Å². The monoisotopic (exact) mass is 351 g/mol. The number of aliphatic hydroxyl groups excluding tert-OH is 1. The van der Waals surface area contributed by atoms with E-state index in [-0.39, 0.29) is 19.1 Å². The van der Waals surface area contributed by atoms with Crippen molar-refractivity contribution in [2.45, 2.75) is 20.5 Å². The number of benzene rings is 2. The maximum atomic E-state index is 12.1. The summed E-state index contributed by atoms with van der Waals surface area (Å²) in [4.78, 5) is 12.1. The van der Waals surface area contributed by atoms with Gasteiger partial charge in [0.25, 0.3) is 5.91 Å². The van der Waals surface area contributed by atoms with E-state index < -0.39 is 0 Å². The van der Waals surface area contributed by atoms with E-state index in [0.717, 1.165) is 16.7 Å². The smallest absolute Gasteiger partial charge is 0.262 e. The average Bonchev–Trinajstić information content (AvgIpc) is 3.09. The molecule has 0 saturated heterocycles. The summed E-state index contributed by atoms with van der Waals surface area (Å²) in [6.07, 6.45) is 0. The normalized spacial score (nSPS) is 10.6. The van der Waals surface area contributed by atoms with Crippen LogP contribution in [0, 0.1) is 13.8 Å². The maximum Gasteiger partial charge on any atom is 0.262 e. The highest BCUT2D eigenvalue weighted by Gasteiger charge is 2.10. The van der Waals surface area contributed by atoms with Crippen molar-refractivity contribution in [3.8, 4) is 17.1 Å². The molecule has 26 heavy (non-hydrogen) atoms. The summed E-state index contributed by atoms with van der Waals surface area (Å²) in [6, 6.07) is 16.7. The first-order valence-corrected chi connectivity index (χ1v) is 8.35. The standard InChI is InChI=1S/C21H21NO4/c1-14-4-3-5-17(10-14)25-13-21(24)22-16-6-8-19(15(2)11-16)20-9-7-18(12-23)26-20/h3-11,23H,12-13H2,1-2H3,(H,22,24). The zero-order valence-corrected chi connectivity index (χ0v) is 14.8. The molecule has 0 atom stereocenters. The molecule has 3 rings (SSSR count). The van der Waals surface area contributed by atoms with Crippen LogP contribution < -0.4 is 10.1 Å².